The summed E-state index contributed by atoms with van der Waals surface area (Å²) in [6, 6.07) is 19.6. The predicted molar refractivity (Wildman–Crippen MR) is 127 cm³/mol. The van der Waals surface area contributed by atoms with Crippen molar-refractivity contribution >= 4 is 40.9 Å². The fraction of sp³-hybridized carbons (Fsp3) is 0.120. The van der Waals surface area contributed by atoms with Crippen LogP contribution in [0.25, 0.3) is 6.08 Å². The van der Waals surface area contributed by atoms with Gasteiger partial charge in [-0.25, -0.2) is 0 Å². The second-order valence-electron chi connectivity index (χ2n) is 6.87. The molecule has 3 aromatic rings. The Morgan fingerprint density at radius 1 is 1.09 bits per heavy atom. The normalized spacial score (nSPS) is 10.9. The minimum absolute atomic E-state index is 0.0306. The number of nitrogens with zero attached hydrogens (tertiary/aromatic N) is 1. The van der Waals surface area contributed by atoms with Gasteiger partial charge in [-0.3, -0.25) is 4.79 Å². The van der Waals surface area contributed by atoms with Crippen molar-refractivity contribution < 1.29 is 14.3 Å². The minimum Gasteiger partial charge on any atom is -0.493 e. The number of methoxy groups -OCH3 is 1. The molecule has 0 atom stereocenters. The SMILES string of the molecule is COc1cc(/C=C(/C#N)C(=O)Nc2ccccc2C)ccc1OCc1ccc(Cl)cc1Cl. The number of benzene rings is 3. The number of carbonyl (C=O) groups is 1. The second kappa shape index (κ2) is 10.7. The molecule has 0 saturated carbocycles. The number of nitrogens with one attached hydrogen (secondary N) is 1. The third kappa shape index (κ3) is 5.82. The number of hydrogen-bond donors (Lipinski definition) is 1. The number of amides is 1. The molecule has 7 heteroatoms. The Labute approximate surface area is 196 Å². The third-order valence-electron chi connectivity index (χ3n) is 4.66. The highest BCUT2D eigenvalue weighted by Gasteiger charge is 2.12. The van der Waals surface area contributed by atoms with Crippen molar-refractivity contribution in [2.75, 3.05) is 12.4 Å². The number of carbonyl (C=O) groups excluding carboxylic acids is 1. The molecule has 5 nitrogen and oxygen atoms in total. The van der Waals surface area contributed by atoms with Gasteiger partial charge >= 0.3 is 0 Å². The van der Waals surface area contributed by atoms with Gasteiger partial charge in [0.1, 0.15) is 18.2 Å². The summed E-state index contributed by atoms with van der Waals surface area (Å²) in [5, 5.41) is 13.3. The molecule has 0 bridgehead atoms. The number of anilines is 1. The highest BCUT2D eigenvalue weighted by molar-refractivity contribution is 6.35. The first-order valence-electron chi connectivity index (χ1n) is 9.65. The van der Waals surface area contributed by atoms with Crippen LogP contribution in [0.1, 0.15) is 16.7 Å². The molecule has 1 amide bonds. The minimum atomic E-state index is -0.488. The van der Waals surface area contributed by atoms with E-state index >= 15 is 0 Å². The van der Waals surface area contributed by atoms with Gasteiger partial charge in [0.25, 0.3) is 5.91 Å². The summed E-state index contributed by atoms with van der Waals surface area (Å²) in [6.07, 6.45) is 1.50. The summed E-state index contributed by atoms with van der Waals surface area (Å²) in [5.41, 5.74) is 2.93. The van der Waals surface area contributed by atoms with E-state index in [0.29, 0.717) is 32.8 Å². The topological polar surface area (TPSA) is 71.3 Å². The van der Waals surface area contributed by atoms with E-state index in [-0.39, 0.29) is 12.2 Å². The monoisotopic (exact) mass is 466 g/mol. The van der Waals surface area contributed by atoms with Crippen molar-refractivity contribution in [2.45, 2.75) is 13.5 Å². The molecule has 3 rings (SSSR count). The summed E-state index contributed by atoms with van der Waals surface area (Å²) < 4.78 is 11.3. The van der Waals surface area contributed by atoms with E-state index in [4.69, 9.17) is 32.7 Å². The van der Waals surface area contributed by atoms with Crippen LogP contribution in [0.5, 0.6) is 11.5 Å². The van der Waals surface area contributed by atoms with Crippen LogP contribution < -0.4 is 14.8 Å². The third-order valence-corrected chi connectivity index (χ3v) is 5.24. The van der Waals surface area contributed by atoms with Gasteiger partial charge in [-0.15, -0.1) is 0 Å². The summed E-state index contributed by atoms with van der Waals surface area (Å²) in [6.45, 7) is 2.11. The summed E-state index contributed by atoms with van der Waals surface area (Å²) in [5.74, 6) is 0.470. The molecule has 0 aliphatic carbocycles. The molecular formula is C25H20Cl2N2O3. The van der Waals surface area contributed by atoms with E-state index in [1.807, 2.05) is 31.2 Å². The summed E-state index contributed by atoms with van der Waals surface area (Å²) in [7, 11) is 1.51. The van der Waals surface area contributed by atoms with Crippen LogP contribution in [0.3, 0.4) is 0 Å². The lowest BCUT2D eigenvalue weighted by molar-refractivity contribution is -0.112. The van der Waals surface area contributed by atoms with Crippen LogP contribution in [-0.2, 0) is 11.4 Å². The molecular weight excluding hydrogens is 447 g/mol. The number of para-hydroxylation sites is 1. The van der Waals surface area contributed by atoms with Crippen LogP contribution in [0.2, 0.25) is 10.0 Å². The maximum absolute atomic E-state index is 12.6. The van der Waals surface area contributed by atoms with Gasteiger partial charge in [0.05, 0.1) is 7.11 Å². The summed E-state index contributed by atoms with van der Waals surface area (Å²) >= 11 is 12.1. The average molecular weight is 467 g/mol. The molecule has 0 spiro atoms. The molecule has 0 aromatic heterocycles. The van der Waals surface area contributed by atoms with Gasteiger partial charge in [-0.1, -0.05) is 53.5 Å². The molecule has 1 N–H and O–H groups in total. The van der Waals surface area contributed by atoms with Crippen molar-refractivity contribution in [3.05, 3.63) is 93.0 Å². The van der Waals surface area contributed by atoms with Crippen LogP contribution in [0.4, 0.5) is 5.69 Å². The lowest BCUT2D eigenvalue weighted by Gasteiger charge is -2.12. The maximum Gasteiger partial charge on any atom is 0.266 e. The standard InChI is InChI=1S/C25H20Cl2N2O3/c1-16-5-3-4-6-22(16)29-25(30)19(14-28)11-17-7-10-23(24(12-17)31-2)32-15-18-8-9-20(26)13-21(18)27/h3-13H,15H2,1-2H3,(H,29,30)/b19-11-. The first-order chi connectivity index (χ1) is 15.4. The van der Waals surface area contributed by atoms with Gasteiger partial charge in [0.2, 0.25) is 0 Å². The van der Waals surface area contributed by atoms with E-state index in [0.717, 1.165) is 11.1 Å². The van der Waals surface area contributed by atoms with Gasteiger partial charge in [0.15, 0.2) is 11.5 Å². The molecule has 0 unspecified atom stereocenters. The van der Waals surface area contributed by atoms with E-state index in [2.05, 4.69) is 5.32 Å². The Hall–Kier alpha value is -3.46. The van der Waals surface area contributed by atoms with Gasteiger partial charge in [0, 0.05) is 21.3 Å². The van der Waals surface area contributed by atoms with Crippen molar-refractivity contribution in [3.63, 3.8) is 0 Å². The number of aryl methyl sites for hydroxylation is 1. The Balaban J connectivity index is 1.77. The van der Waals surface area contributed by atoms with Gasteiger partial charge < -0.3 is 14.8 Å². The van der Waals surface area contributed by atoms with Crippen molar-refractivity contribution in [1.29, 1.82) is 5.26 Å². The first kappa shape index (κ1) is 23.2. The zero-order valence-corrected chi connectivity index (χ0v) is 19.0. The molecule has 162 valence electrons. The Morgan fingerprint density at radius 2 is 1.88 bits per heavy atom. The average Bonchev–Trinajstić information content (AvgIpc) is 2.78. The molecule has 3 aromatic carbocycles. The number of rotatable bonds is 7. The quantitative estimate of drug-likeness (QED) is 0.321. The molecule has 32 heavy (non-hydrogen) atoms. The van der Waals surface area contributed by atoms with Crippen molar-refractivity contribution in [1.82, 2.24) is 0 Å². The number of nitriles is 1. The molecule has 0 aliphatic heterocycles. The zero-order chi connectivity index (χ0) is 23.1. The van der Waals surface area contributed by atoms with E-state index in [1.54, 1.807) is 42.5 Å². The number of ether oxygens (including phenoxy) is 2. The molecule has 0 radical (unpaired) electrons. The predicted octanol–water partition coefficient (Wildman–Crippen LogP) is 6.44. The largest absolute Gasteiger partial charge is 0.493 e. The fourth-order valence-corrected chi connectivity index (χ4v) is 3.37. The second-order valence-corrected chi connectivity index (χ2v) is 7.72. The van der Waals surface area contributed by atoms with E-state index in [1.165, 1.54) is 13.2 Å². The molecule has 0 aliphatic rings. The Morgan fingerprint density at radius 3 is 2.56 bits per heavy atom. The van der Waals surface area contributed by atoms with E-state index in [9.17, 15) is 10.1 Å². The summed E-state index contributed by atoms with van der Waals surface area (Å²) in [4.78, 5) is 12.6. The van der Waals surface area contributed by atoms with E-state index < -0.39 is 5.91 Å². The lowest BCUT2D eigenvalue weighted by atomic mass is 10.1. The number of hydrogen-bond acceptors (Lipinski definition) is 4. The smallest absolute Gasteiger partial charge is 0.266 e. The lowest BCUT2D eigenvalue weighted by Crippen LogP contribution is -2.14. The van der Waals surface area contributed by atoms with Crippen molar-refractivity contribution in [3.8, 4) is 17.6 Å². The van der Waals surface area contributed by atoms with Crippen LogP contribution in [0.15, 0.2) is 66.2 Å². The Kier molecular flexibility index (Phi) is 7.77. The fourth-order valence-electron chi connectivity index (χ4n) is 2.91. The van der Waals surface area contributed by atoms with Crippen LogP contribution in [-0.4, -0.2) is 13.0 Å². The Bertz CT molecular complexity index is 1220. The highest BCUT2D eigenvalue weighted by atomic mass is 35.5. The van der Waals surface area contributed by atoms with Gasteiger partial charge in [-0.2, -0.15) is 5.26 Å². The molecule has 0 saturated heterocycles. The highest BCUT2D eigenvalue weighted by Crippen LogP contribution is 2.31. The molecule has 0 fully saturated rings. The van der Waals surface area contributed by atoms with Crippen LogP contribution in [0, 0.1) is 18.3 Å². The molecule has 0 heterocycles. The van der Waals surface area contributed by atoms with Gasteiger partial charge in [-0.05, 0) is 54.5 Å². The number of halogens is 2. The van der Waals surface area contributed by atoms with Crippen LogP contribution >= 0.6 is 23.2 Å². The zero-order valence-electron chi connectivity index (χ0n) is 17.5. The first-order valence-corrected chi connectivity index (χ1v) is 10.4. The van der Waals surface area contributed by atoms with Crippen molar-refractivity contribution in [2.24, 2.45) is 0 Å². The maximum atomic E-state index is 12.6.